The zero-order valence-corrected chi connectivity index (χ0v) is 29.4. The first-order chi connectivity index (χ1) is 24.9. The average molecular weight is 707 g/mol. The van der Waals surface area contributed by atoms with E-state index in [-0.39, 0.29) is 49.3 Å². The van der Waals surface area contributed by atoms with Crippen LogP contribution >= 0.6 is 11.8 Å². The fourth-order valence-corrected chi connectivity index (χ4v) is 10.5. The number of likely N-dealkylation sites (tertiary alicyclic amines) is 1. The van der Waals surface area contributed by atoms with Crippen LogP contribution in [0.3, 0.4) is 0 Å². The van der Waals surface area contributed by atoms with Crippen molar-refractivity contribution < 1.29 is 24.2 Å². The molecule has 0 saturated carbocycles. The maximum atomic E-state index is 15.2. The lowest BCUT2D eigenvalue weighted by molar-refractivity contribution is -0.146. The van der Waals surface area contributed by atoms with Crippen LogP contribution in [0.25, 0.3) is 11.0 Å². The molecule has 1 spiro atoms. The zero-order valence-electron chi connectivity index (χ0n) is 28.6. The average Bonchev–Trinajstić information content (AvgIpc) is 3.91. The third-order valence-electron chi connectivity index (χ3n) is 10.4. The number of aliphatic hydroxyl groups is 1. The van der Waals surface area contributed by atoms with Gasteiger partial charge in [-0.15, -0.1) is 30.0 Å². The van der Waals surface area contributed by atoms with Crippen molar-refractivity contribution >= 4 is 46.2 Å². The molecule has 2 bridgehead atoms. The van der Waals surface area contributed by atoms with E-state index in [2.05, 4.69) is 23.5 Å². The third-order valence-corrected chi connectivity index (χ3v) is 12.3. The highest BCUT2D eigenvalue weighted by atomic mass is 32.2. The molecule has 6 atom stereocenters. The van der Waals surface area contributed by atoms with Crippen LogP contribution in [0.2, 0.25) is 0 Å². The van der Waals surface area contributed by atoms with Crippen molar-refractivity contribution in [2.45, 2.75) is 48.5 Å². The lowest BCUT2D eigenvalue weighted by Crippen LogP contribution is -2.56. The molecule has 4 aromatic rings. The highest BCUT2D eigenvalue weighted by molar-refractivity contribution is 8.02. The van der Waals surface area contributed by atoms with Gasteiger partial charge in [0.15, 0.2) is 0 Å². The molecule has 3 aromatic carbocycles. The number of ether oxygens (including phenoxy) is 1. The van der Waals surface area contributed by atoms with Crippen molar-refractivity contribution in [3.63, 3.8) is 0 Å². The fraction of sp³-hybridized carbons (Fsp3) is 0.359. The Balaban J connectivity index is 1.30. The van der Waals surface area contributed by atoms with E-state index in [4.69, 9.17) is 4.74 Å². The van der Waals surface area contributed by atoms with E-state index in [1.54, 1.807) is 43.3 Å². The molecule has 51 heavy (non-hydrogen) atoms. The Labute approximate surface area is 301 Å². The Morgan fingerprint density at radius 1 is 1.04 bits per heavy atom. The summed E-state index contributed by atoms with van der Waals surface area (Å²) in [4.78, 5) is 49.9. The fourth-order valence-electron chi connectivity index (χ4n) is 8.27. The molecular formula is C39H42N6O5S. The number of aliphatic hydroxyl groups excluding tert-OH is 1. The van der Waals surface area contributed by atoms with Gasteiger partial charge < -0.3 is 24.5 Å². The molecule has 0 aliphatic carbocycles. The van der Waals surface area contributed by atoms with Crippen molar-refractivity contribution in [3.8, 4) is 5.75 Å². The molecule has 4 heterocycles. The Bertz CT molecular complexity index is 1940. The maximum Gasteiger partial charge on any atom is 0.248 e. The standard InChI is InChI=1S/C39H42N6O5S/c1-4-22-42(25-44-30-15-11-10-14-29(30)40-41-44)38(49)35-39-21-20-32(51-39)33(34(39)37(48)45(35)31(24-46)26-12-8-7-9-13-26)36(47)43(23-5-2)27-16-18-28(19-17-27)50-6-3/h4-5,7-19,31-35,46H,1-2,6,20-25H2,3H3/t31-,32+,33-,34+,35?,39?/m1/s1. The number of carbonyl (C=O) groups excluding carboxylic acids is 3. The summed E-state index contributed by atoms with van der Waals surface area (Å²) in [7, 11) is 0. The van der Waals surface area contributed by atoms with Gasteiger partial charge in [-0.1, -0.05) is 59.8 Å². The smallest absolute Gasteiger partial charge is 0.248 e. The summed E-state index contributed by atoms with van der Waals surface area (Å²) < 4.78 is 6.41. The van der Waals surface area contributed by atoms with Gasteiger partial charge in [0.05, 0.1) is 41.4 Å². The van der Waals surface area contributed by atoms with Crippen molar-refractivity contribution in [1.82, 2.24) is 24.8 Å². The van der Waals surface area contributed by atoms with Gasteiger partial charge in [-0.25, -0.2) is 4.68 Å². The third kappa shape index (κ3) is 5.89. The number of para-hydroxylation sites is 1. The highest BCUT2D eigenvalue weighted by Gasteiger charge is 2.74. The van der Waals surface area contributed by atoms with Crippen LogP contribution in [0.4, 0.5) is 5.69 Å². The van der Waals surface area contributed by atoms with Crippen molar-refractivity contribution in [1.29, 1.82) is 0 Å². The summed E-state index contributed by atoms with van der Waals surface area (Å²) in [6, 6.07) is 22.4. The number of hydrogen-bond donors (Lipinski definition) is 1. The minimum atomic E-state index is -0.951. The first-order valence-corrected chi connectivity index (χ1v) is 18.2. The monoisotopic (exact) mass is 706 g/mol. The number of benzene rings is 3. The molecule has 3 fully saturated rings. The minimum Gasteiger partial charge on any atom is -0.494 e. The number of thioether (sulfide) groups is 1. The van der Waals surface area contributed by atoms with Gasteiger partial charge in [0, 0.05) is 24.0 Å². The molecule has 1 N–H and O–H groups in total. The van der Waals surface area contributed by atoms with E-state index in [9.17, 15) is 9.90 Å². The van der Waals surface area contributed by atoms with Crippen LogP contribution in [0.1, 0.15) is 31.4 Å². The van der Waals surface area contributed by atoms with Crippen LogP contribution in [-0.2, 0) is 21.1 Å². The van der Waals surface area contributed by atoms with Crippen LogP contribution in [0.5, 0.6) is 5.75 Å². The van der Waals surface area contributed by atoms with E-state index in [1.807, 2.05) is 85.8 Å². The predicted molar refractivity (Wildman–Crippen MR) is 197 cm³/mol. The van der Waals surface area contributed by atoms with Crippen molar-refractivity contribution in [2.24, 2.45) is 11.8 Å². The Hall–Kier alpha value is -4.94. The summed E-state index contributed by atoms with van der Waals surface area (Å²) in [6.07, 6.45) is 4.60. The molecule has 3 saturated heterocycles. The van der Waals surface area contributed by atoms with Gasteiger partial charge in [0.2, 0.25) is 17.7 Å². The van der Waals surface area contributed by atoms with Crippen LogP contribution in [0, 0.1) is 11.8 Å². The van der Waals surface area contributed by atoms with Gasteiger partial charge in [-0.05, 0) is 61.7 Å². The highest BCUT2D eigenvalue weighted by Crippen LogP contribution is 2.67. The molecule has 12 heteroatoms. The number of carbonyl (C=O) groups is 3. The van der Waals surface area contributed by atoms with Crippen LogP contribution in [-0.4, -0.2) is 90.0 Å². The summed E-state index contributed by atoms with van der Waals surface area (Å²) in [5.74, 6) is -1.50. The van der Waals surface area contributed by atoms with Gasteiger partial charge in [-0.3, -0.25) is 14.4 Å². The van der Waals surface area contributed by atoms with E-state index in [0.29, 0.717) is 42.0 Å². The Kier molecular flexibility index (Phi) is 9.71. The lowest BCUT2D eigenvalue weighted by Gasteiger charge is -2.39. The lowest BCUT2D eigenvalue weighted by atomic mass is 9.70. The number of nitrogens with zero attached hydrogens (tertiary/aromatic N) is 6. The van der Waals surface area contributed by atoms with Gasteiger partial charge >= 0.3 is 0 Å². The van der Waals surface area contributed by atoms with Gasteiger partial charge in [-0.2, -0.15) is 0 Å². The molecule has 0 radical (unpaired) electrons. The largest absolute Gasteiger partial charge is 0.494 e. The number of rotatable bonds is 14. The number of hydrogen-bond acceptors (Lipinski definition) is 8. The molecule has 11 nitrogen and oxygen atoms in total. The Morgan fingerprint density at radius 2 is 1.76 bits per heavy atom. The molecule has 3 amide bonds. The molecule has 3 aliphatic rings. The number of anilines is 1. The second-order valence-electron chi connectivity index (χ2n) is 13.1. The molecule has 3 aliphatic heterocycles. The second kappa shape index (κ2) is 14.4. The second-order valence-corrected chi connectivity index (χ2v) is 14.7. The van der Waals surface area contributed by atoms with Gasteiger partial charge in [0.25, 0.3) is 0 Å². The minimum absolute atomic E-state index is 0.0844. The normalized spacial score (nSPS) is 24.0. The number of aromatic nitrogens is 3. The van der Waals surface area contributed by atoms with Crippen LogP contribution in [0.15, 0.2) is 104 Å². The number of amides is 3. The summed E-state index contributed by atoms with van der Waals surface area (Å²) in [5, 5.41) is 19.4. The van der Waals surface area contributed by atoms with Crippen molar-refractivity contribution in [2.75, 3.05) is 31.2 Å². The van der Waals surface area contributed by atoms with E-state index >= 15 is 9.59 Å². The van der Waals surface area contributed by atoms with Gasteiger partial charge in [0.1, 0.15) is 24.0 Å². The molecule has 7 rings (SSSR count). The van der Waals surface area contributed by atoms with Crippen molar-refractivity contribution in [3.05, 3.63) is 110 Å². The van der Waals surface area contributed by atoms with E-state index < -0.39 is 28.7 Å². The summed E-state index contributed by atoms with van der Waals surface area (Å²) >= 11 is 1.59. The number of fused-ring (bicyclic) bond motifs is 2. The molecule has 1 aromatic heterocycles. The summed E-state index contributed by atoms with van der Waals surface area (Å²) in [5.41, 5.74) is 2.86. The van der Waals surface area contributed by atoms with Crippen LogP contribution < -0.4 is 9.64 Å². The van der Waals surface area contributed by atoms with E-state index in [1.165, 1.54) is 0 Å². The Morgan fingerprint density at radius 3 is 2.47 bits per heavy atom. The predicted octanol–water partition coefficient (Wildman–Crippen LogP) is 4.85. The molecule has 2 unspecified atom stereocenters. The molecule has 264 valence electrons. The zero-order chi connectivity index (χ0) is 35.7. The quantitative estimate of drug-likeness (QED) is 0.185. The maximum absolute atomic E-state index is 15.2. The molecular weight excluding hydrogens is 665 g/mol. The van der Waals surface area contributed by atoms with E-state index in [0.717, 1.165) is 5.52 Å². The summed E-state index contributed by atoms with van der Waals surface area (Å²) in [6.45, 7) is 10.4. The topological polar surface area (TPSA) is 121 Å². The SMILES string of the molecule is C=CCN(Cn1nnc2ccccc21)C(=O)C1N([C@H](CO)c2ccccc2)C(=O)[C@@H]2[C@H](C(=O)N(CC=C)c3ccc(OCC)cc3)[C@@H]3CCC12S3. The first-order valence-electron chi connectivity index (χ1n) is 17.4. The first kappa shape index (κ1) is 34.5.